The highest BCUT2D eigenvalue weighted by Crippen LogP contribution is 2.55. The first-order valence-electron chi connectivity index (χ1n) is 10.7. The van der Waals surface area contributed by atoms with Crippen molar-refractivity contribution in [3.05, 3.63) is 46.0 Å². The lowest BCUT2D eigenvalue weighted by Crippen LogP contribution is -2.34. The quantitative estimate of drug-likeness (QED) is 0.297. The third-order valence-electron chi connectivity index (χ3n) is 5.09. The molecular formula is C22H30BrN2O6P. The molecule has 1 atom stereocenters. The van der Waals surface area contributed by atoms with Crippen molar-refractivity contribution < 1.29 is 27.7 Å². The van der Waals surface area contributed by atoms with Crippen LogP contribution in [0, 0.1) is 0 Å². The Morgan fingerprint density at radius 2 is 1.78 bits per heavy atom. The summed E-state index contributed by atoms with van der Waals surface area (Å²) in [6.07, 6.45) is 1.70. The molecule has 1 aromatic carbocycles. The lowest BCUT2D eigenvalue weighted by molar-refractivity contribution is -0.154. The van der Waals surface area contributed by atoms with E-state index in [-0.39, 0.29) is 30.9 Å². The lowest BCUT2D eigenvalue weighted by atomic mass is 9.95. The summed E-state index contributed by atoms with van der Waals surface area (Å²) in [6, 6.07) is 8.04. The molecular weight excluding hydrogens is 499 g/mol. The average molecular weight is 529 g/mol. The van der Waals surface area contributed by atoms with Gasteiger partial charge in [0, 0.05) is 4.47 Å². The number of carbonyl (C=O) groups is 1. The summed E-state index contributed by atoms with van der Waals surface area (Å²) in [5.41, 5.74) is -1.17. The number of hydrogen-bond acceptors (Lipinski definition) is 8. The number of halogens is 1. The first-order valence-corrected chi connectivity index (χ1v) is 13.1. The molecule has 1 unspecified atom stereocenters. The molecule has 0 aliphatic heterocycles. The molecule has 8 nitrogen and oxygen atoms in total. The van der Waals surface area contributed by atoms with E-state index < -0.39 is 24.8 Å². The fraction of sp³-hybridized carbons (Fsp3) is 0.591. The van der Waals surface area contributed by atoms with Crippen molar-refractivity contribution in [3.8, 4) is 0 Å². The van der Waals surface area contributed by atoms with Crippen LogP contribution in [0.15, 0.2) is 33.3 Å². The summed E-state index contributed by atoms with van der Waals surface area (Å²) in [7, 11) is -3.82. The molecule has 1 saturated carbocycles. The van der Waals surface area contributed by atoms with Gasteiger partial charge in [0.05, 0.1) is 25.0 Å². The second kappa shape index (κ2) is 9.75. The molecule has 0 radical (unpaired) electrons. The minimum atomic E-state index is -3.82. The molecule has 0 bridgehead atoms. The lowest BCUT2D eigenvalue weighted by Gasteiger charge is -2.27. The van der Waals surface area contributed by atoms with E-state index in [4.69, 9.17) is 18.3 Å². The normalized spacial score (nSPS) is 16.6. The number of carbonyl (C=O) groups excluding carboxylic acids is 1. The maximum absolute atomic E-state index is 13.5. The second-order valence-corrected chi connectivity index (χ2v) is 11.9. The SMILES string of the molecule is CCOP(=O)(OCC)C(Cc1nc(C2(c3ccc(Br)cc3)CC2)no1)C(=O)OC(C)(C)C. The van der Waals surface area contributed by atoms with Crippen molar-refractivity contribution in [1.82, 2.24) is 10.1 Å². The largest absolute Gasteiger partial charge is 0.459 e. The first-order chi connectivity index (χ1) is 15.0. The van der Waals surface area contributed by atoms with Crippen molar-refractivity contribution >= 4 is 29.5 Å². The van der Waals surface area contributed by atoms with Crippen LogP contribution in [0.25, 0.3) is 0 Å². The Kier molecular flexibility index (Phi) is 7.65. The number of benzene rings is 1. The minimum Gasteiger partial charge on any atom is -0.459 e. The van der Waals surface area contributed by atoms with E-state index in [1.54, 1.807) is 34.6 Å². The molecule has 0 N–H and O–H groups in total. The van der Waals surface area contributed by atoms with Crippen LogP contribution in [0.2, 0.25) is 0 Å². The van der Waals surface area contributed by atoms with Gasteiger partial charge >= 0.3 is 13.6 Å². The number of nitrogens with zero attached hydrogens (tertiary/aromatic N) is 2. The number of esters is 1. The summed E-state index contributed by atoms with van der Waals surface area (Å²) >= 11 is 3.45. The Labute approximate surface area is 197 Å². The molecule has 1 aromatic heterocycles. The van der Waals surface area contributed by atoms with Crippen LogP contribution < -0.4 is 0 Å². The summed E-state index contributed by atoms with van der Waals surface area (Å²) in [4.78, 5) is 17.5. The van der Waals surface area contributed by atoms with Gasteiger partial charge in [-0.3, -0.25) is 9.36 Å². The van der Waals surface area contributed by atoms with Gasteiger partial charge in [0.1, 0.15) is 5.60 Å². The fourth-order valence-corrected chi connectivity index (χ4v) is 5.61. The standard InChI is InChI=1S/C22H30BrN2O6P/c1-6-28-32(27,29-7-2)17(19(26)30-21(3,4)5)14-18-24-20(25-31-18)22(12-13-22)15-8-10-16(23)11-9-15/h8-11,17H,6-7,12-14H2,1-5H3. The van der Waals surface area contributed by atoms with Crippen LogP contribution in [0.4, 0.5) is 0 Å². The van der Waals surface area contributed by atoms with E-state index in [2.05, 4.69) is 26.1 Å². The Morgan fingerprint density at radius 3 is 2.28 bits per heavy atom. The smallest absolute Gasteiger partial charge is 0.345 e. The molecule has 1 fully saturated rings. The zero-order valence-electron chi connectivity index (χ0n) is 19.1. The molecule has 1 aliphatic carbocycles. The number of aromatic nitrogens is 2. The zero-order valence-corrected chi connectivity index (χ0v) is 21.6. The van der Waals surface area contributed by atoms with Gasteiger partial charge < -0.3 is 18.3 Å². The number of hydrogen-bond donors (Lipinski definition) is 0. The molecule has 1 aliphatic rings. The highest BCUT2D eigenvalue weighted by Gasteiger charge is 2.51. The first kappa shape index (κ1) is 25.1. The summed E-state index contributed by atoms with van der Waals surface area (Å²) in [5, 5.41) is 4.19. The van der Waals surface area contributed by atoms with Gasteiger partial charge in [-0.2, -0.15) is 4.98 Å². The van der Waals surface area contributed by atoms with Crippen molar-refractivity contribution in [2.24, 2.45) is 0 Å². The Balaban J connectivity index is 1.88. The van der Waals surface area contributed by atoms with Gasteiger partial charge in [-0.15, -0.1) is 0 Å². The van der Waals surface area contributed by atoms with Crippen LogP contribution in [0.3, 0.4) is 0 Å². The van der Waals surface area contributed by atoms with Crippen molar-refractivity contribution in [3.63, 3.8) is 0 Å². The molecule has 0 amide bonds. The summed E-state index contributed by atoms with van der Waals surface area (Å²) in [6.45, 7) is 8.86. The van der Waals surface area contributed by atoms with Crippen LogP contribution in [0.5, 0.6) is 0 Å². The van der Waals surface area contributed by atoms with Crippen molar-refractivity contribution in [2.75, 3.05) is 13.2 Å². The van der Waals surface area contributed by atoms with E-state index in [0.29, 0.717) is 5.82 Å². The topological polar surface area (TPSA) is 101 Å². The van der Waals surface area contributed by atoms with Gasteiger partial charge in [-0.1, -0.05) is 33.2 Å². The molecule has 176 valence electrons. The van der Waals surface area contributed by atoms with Crippen LogP contribution >= 0.6 is 23.5 Å². The highest BCUT2D eigenvalue weighted by atomic mass is 79.9. The zero-order chi connectivity index (χ0) is 23.6. The predicted octanol–water partition coefficient (Wildman–Crippen LogP) is 5.43. The monoisotopic (exact) mass is 528 g/mol. The van der Waals surface area contributed by atoms with Crippen LogP contribution in [-0.2, 0) is 35.0 Å². The fourth-order valence-electron chi connectivity index (χ4n) is 3.50. The predicted molar refractivity (Wildman–Crippen MR) is 123 cm³/mol. The van der Waals surface area contributed by atoms with E-state index in [1.807, 2.05) is 24.3 Å². The third-order valence-corrected chi connectivity index (χ3v) is 8.01. The Morgan fingerprint density at radius 1 is 1.19 bits per heavy atom. The molecule has 10 heteroatoms. The third kappa shape index (κ3) is 5.68. The highest BCUT2D eigenvalue weighted by molar-refractivity contribution is 9.10. The minimum absolute atomic E-state index is 0.102. The second-order valence-electron chi connectivity index (χ2n) is 8.73. The average Bonchev–Trinajstić information content (AvgIpc) is 3.36. The summed E-state index contributed by atoms with van der Waals surface area (Å²) < 4.78 is 36.4. The van der Waals surface area contributed by atoms with E-state index >= 15 is 0 Å². The molecule has 3 rings (SSSR count). The van der Waals surface area contributed by atoms with Crippen LogP contribution in [0.1, 0.15) is 64.7 Å². The van der Waals surface area contributed by atoms with Gasteiger partial charge in [0.25, 0.3) is 0 Å². The van der Waals surface area contributed by atoms with Crippen molar-refractivity contribution in [2.45, 2.75) is 70.6 Å². The molecule has 2 aromatic rings. The maximum atomic E-state index is 13.5. The van der Waals surface area contributed by atoms with Gasteiger partial charge in [0.15, 0.2) is 11.5 Å². The van der Waals surface area contributed by atoms with Gasteiger partial charge in [-0.05, 0) is 65.2 Å². The number of ether oxygens (including phenoxy) is 1. The molecule has 0 saturated heterocycles. The van der Waals surface area contributed by atoms with E-state index in [9.17, 15) is 9.36 Å². The Hall–Kier alpha value is -1.54. The molecule has 32 heavy (non-hydrogen) atoms. The molecule has 1 heterocycles. The number of rotatable bonds is 10. The Bertz CT molecular complexity index is 971. The van der Waals surface area contributed by atoms with Crippen LogP contribution in [-0.4, -0.2) is 40.6 Å². The molecule has 0 spiro atoms. The van der Waals surface area contributed by atoms with Gasteiger partial charge in [0.2, 0.25) is 5.89 Å². The van der Waals surface area contributed by atoms with E-state index in [0.717, 1.165) is 22.9 Å². The summed E-state index contributed by atoms with van der Waals surface area (Å²) in [5.74, 6) is 0.0656. The maximum Gasteiger partial charge on any atom is 0.345 e. The van der Waals surface area contributed by atoms with Crippen molar-refractivity contribution in [1.29, 1.82) is 0 Å². The van der Waals surface area contributed by atoms with Gasteiger partial charge in [-0.25, -0.2) is 0 Å². The van der Waals surface area contributed by atoms with E-state index in [1.165, 1.54) is 0 Å².